The molecule has 0 atom stereocenters. The molecule has 0 fully saturated rings. The maximum atomic E-state index is 11.4. The maximum absolute atomic E-state index is 11.4. The molecule has 0 aliphatic rings. The second kappa shape index (κ2) is 6.25. The quantitative estimate of drug-likeness (QED) is 0.314. The summed E-state index contributed by atoms with van der Waals surface area (Å²) in [5.74, 6) is -0.420. The van der Waals surface area contributed by atoms with E-state index in [1.165, 1.54) is 0 Å². The van der Waals surface area contributed by atoms with Crippen molar-refractivity contribution in [2.75, 3.05) is 6.61 Å². The molecule has 76 valence electrons. The van der Waals surface area contributed by atoms with Gasteiger partial charge < -0.3 is 4.74 Å². The number of esters is 1. The van der Waals surface area contributed by atoms with E-state index in [0.717, 1.165) is 0 Å². The van der Waals surface area contributed by atoms with Crippen LogP contribution in [0.25, 0.3) is 0 Å². The molecule has 0 radical (unpaired) electrons. The highest BCUT2D eigenvalue weighted by atomic mass is 80.0. The number of carbonyl (C=O) groups is 1. The van der Waals surface area contributed by atoms with Crippen LogP contribution in [0.1, 0.15) is 6.92 Å². The van der Waals surface area contributed by atoms with Gasteiger partial charge in [-0.2, -0.15) is 0 Å². The van der Waals surface area contributed by atoms with Gasteiger partial charge in [-0.25, -0.2) is 4.79 Å². The van der Waals surface area contributed by atoms with Gasteiger partial charge in [0.15, 0.2) is 2.14 Å². The average molecular weight is 509 g/mol. The highest BCUT2D eigenvalue weighted by Crippen LogP contribution is 2.45. The Kier molecular flexibility index (Phi) is 7.02. The molecule has 0 aromatic heterocycles. The van der Waals surface area contributed by atoms with E-state index in [1.807, 2.05) is 0 Å². The van der Waals surface area contributed by atoms with Gasteiger partial charge in [-0.1, -0.05) is 47.8 Å². The summed E-state index contributed by atoms with van der Waals surface area (Å²) in [6.07, 6.45) is 0. The van der Waals surface area contributed by atoms with Crippen molar-refractivity contribution in [3.05, 3.63) is 8.96 Å². The highest BCUT2D eigenvalue weighted by Gasteiger charge is 2.33. The minimum atomic E-state index is -0.790. The van der Waals surface area contributed by atoms with Crippen LogP contribution >= 0.6 is 79.6 Å². The third-order valence-electron chi connectivity index (χ3n) is 0.952. The summed E-state index contributed by atoms with van der Waals surface area (Å²) in [4.78, 5) is 11.4. The Labute approximate surface area is 118 Å². The molecule has 0 spiro atoms. The predicted octanol–water partition coefficient (Wildman–Crippen LogP) is 4.39. The number of hydrogen-bond donors (Lipinski definition) is 0. The lowest BCUT2D eigenvalue weighted by Crippen LogP contribution is -2.18. The van der Waals surface area contributed by atoms with Crippen molar-refractivity contribution < 1.29 is 9.53 Å². The van der Waals surface area contributed by atoms with Crippen molar-refractivity contribution in [3.63, 3.8) is 0 Å². The fourth-order valence-electron chi connectivity index (χ4n) is 0.503. The summed E-state index contributed by atoms with van der Waals surface area (Å²) in [5.41, 5.74) is 0.370. The molecule has 0 aliphatic heterocycles. The Morgan fingerprint density at radius 1 is 1.31 bits per heavy atom. The first-order valence-corrected chi connectivity index (χ1v) is 7.06. The molecule has 7 heteroatoms. The summed E-state index contributed by atoms with van der Waals surface area (Å²) in [6, 6.07) is 0. The number of rotatable bonds is 2. The van der Waals surface area contributed by atoms with Crippen molar-refractivity contribution in [3.8, 4) is 0 Å². The smallest absolute Gasteiger partial charge is 0.338 e. The molecule has 0 unspecified atom stereocenters. The summed E-state index contributed by atoms with van der Waals surface area (Å²) < 4.78 is 4.57. The summed E-state index contributed by atoms with van der Waals surface area (Å²) in [7, 11) is 0. The van der Waals surface area contributed by atoms with E-state index in [9.17, 15) is 4.79 Å². The number of ether oxygens (including phenoxy) is 1. The predicted molar refractivity (Wildman–Crippen MR) is 71.0 cm³/mol. The van der Waals surface area contributed by atoms with Crippen LogP contribution in [0.2, 0.25) is 0 Å². The molecule has 0 aromatic rings. The maximum Gasteiger partial charge on any atom is 0.338 e. The van der Waals surface area contributed by atoms with Crippen molar-refractivity contribution in [1.82, 2.24) is 0 Å². The molecule has 0 rings (SSSR count). The van der Waals surface area contributed by atoms with Crippen LogP contribution in [-0.4, -0.2) is 14.7 Å². The molecule has 0 aromatic carbocycles. The number of carbonyl (C=O) groups excluding carboxylic acids is 1. The Balaban J connectivity index is 4.87. The lowest BCUT2D eigenvalue weighted by atomic mass is 10.4. The third kappa shape index (κ3) is 5.30. The van der Waals surface area contributed by atoms with Crippen LogP contribution in [0, 0.1) is 0 Å². The Hall–Kier alpha value is 1.61. The first-order chi connectivity index (χ1) is 5.80. The van der Waals surface area contributed by atoms with Crippen molar-refractivity contribution in [2.45, 2.75) is 9.07 Å². The van der Waals surface area contributed by atoms with Crippen LogP contribution in [0.4, 0.5) is 0 Å². The molecule has 0 saturated carbocycles. The molecule has 13 heavy (non-hydrogen) atoms. The standard InChI is InChI=1S/C6H5Br5O2/c1-2-13-5(12)3(4(7)8)6(9,10)11/h2H2,1H3. The molecule has 0 amide bonds. The minimum absolute atomic E-state index is 0.332. The first-order valence-electron chi connectivity index (χ1n) is 3.10. The molecule has 2 nitrogen and oxygen atoms in total. The zero-order chi connectivity index (χ0) is 10.6. The second-order valence-electron chi connectivity index (χ2n) is 1.85. The summed E-state index contributed by atoms with van der Waals surface area (Å²) >= 11 is 16.0. The van der Waals surface area contributed by atoms with Crippen LogP contribution in [-0.2, 0) is 9.53 Å². The zero-order valence-corrected chi connectivity index (χ0v) is 14.3. The van der Waals surface area contributed by atoms with E-state index >= 15 is 0 Å². The Morgan fingerprint density at radius 2 is 1.77 bits per heavy atom. The fraction of sp³-hybridized carbons (Fsp3) is 0.500. The minimum Gasteiger partial charge on any atom is -0.463 e. The summed E-state index contributed by atoms with van der Waals surface area (Å²) in [5, 5.41) is 0. The highest BCUT2D eigenvalue weighted by molar-refractivity contribution is 9.39. The van der Waals surface area contributed by atoms with Gasteiger partial charge in [-0.15, -0.1) is 0 Å². The van der Waals surface area contributed by atoms with E-state index in [4.69, 9.17) is 4.74 Å². The van der Waals surface area contributed by atoms with Gasteiger partial charge in [-0.05, 0) is 38.8 Å². The number of halogens is 5. The van der Waals surface area contributed by atoms with Crippen LogP contribution in [0.5, 0.6) is 0 Å². The molecular weight excluding hydrogens is 504 g/mol. The van der Waals surface area contributed by atoms with Crippen molar-refractivity contribution in [1.29, 1.82) is 0 Å². The van der Waals surface area contributed by atoms with Crippen LogP contribution < -0.4 is 0 Å². The normalized spacial score (nSPS) is 10.9. The van der Waals surface area contributed by atoms with Gasteiger partial charge in [0.2, 0.25) is 0 Å². The monoisotopic (exact) mass is 504 g/mol. The average Bonchev–Trinajstić information content (AvgIpc) is 1.82. The van der Waals surface area contributed by atoms with E-state index in [2.05, 4.69) is 79.6 Å². The summed E-state index contributed by atoms with van der Waals surface area (Å²) in [6.45, 7) is 2.08. The topological polar surface area (TPSA) is 26.3 Å². The van der Waals surface area contributed by atoms with E-state index in [-0.39, 0.29) is 0 Å². The van der Waals surface area contributed by atoms with Crippen molar-refractivity contribution >= 4 is 85.6 Å². The van der Waals surface area contributed by atoms with E-state index < -0.39 is 8.11 Å². The second-order valence-corrected chi connectivity index (χ2v) is 11.3. The molecule has 0 aliphatic carbocycles. The van der Waals surface area contributed by atoms with E-state index in [1.54, 1.807) is 6.92 Å². The van der Waals surface area contributed by atoms with E-state index in [0.29, 0.717) is 15.6 Å². The van der Waals surface area contributed by atoms with Gasteiger partial charge in [0.1, 0.15) is 0 Å². The molecular formula is C6H5Br5O2. The number of alkyl halides is 3. The lowest BCUT2D eigenvalue weighted by molar-refractivity contribution is -0.138. The molecule has 0 bridgehead atoms. The lowest BCUT2D eigenvalue weighted by Gasteiger charge is -2.15. The van der Waals surface area contributed by atoms with Crippen LogP contribution in [0.15, 0.2) is 8.96 Å². The first kappa shape index (κ1) is 14.6. The Bertz CT molecular complexity index is 226. The van der Waals surface area contributed by atoms with Crippen molar-refractivity contribution in [2.24, 2.45) is 0 Å². The zero-order valence-electron chi connectivity index (χ0n) is 6.41. The van der Waals surface area contributed by atoms with Gasteiger partial charge in [0.05, 0.1) is 15.6 Å². The van der Waals surface area contributed by atoms with Gasteiger partial charge >= 0.3 is 5.97 Å². The SMILES string of the molecule is CCOC(=O)C(=C(Br)Br)C(Br)(Br)Br. The van der Waals surface area contributed by atoms with Gasteiger partial charge in [-0.3, -0.25) is 0 Å². The molecule has 0 N–H and O–H groups in total. The van der Waals surface area contributed by atoms with Crippen LogP contribution in [0.3, 0.4) is 0 Å². The van der Waals surface area contributed by atoms with Gasteiger partial charge in [0, 0.05) is 0 Å². The number of hydrogen-bond acceptors (Lipinski definition) is 2. The molecule has 0 heterocycles. The third-order valence-corrected chi connectivity index (χ3v) is 2.93. The largest absolute Gasteiger partial charge is 0.463 e. The Morgan fingerprint density at radius 3 is 2.00 bits per heavy atom. The molecule has 0 saturated heterocycles. The fourth-order valence-corrected chi connectivity index (χ4v) is 4.10. The van der Waals surface area contributed by atoms with Gasteiger partial charge in [0.25, 0.3) is 0 Å².